The van der Waals surface area contributed by atoms with E-state index in [0.717, 1.165) is 6.42 Å². The van der Waals surface area contributed by atoms with Crippen LogP contribution in [-0.2, 0) is 9.53 Å². The molecule has 2 nitrogen and oxygen atoms in total. The Morgan fingerprint density at radius 1 is 0.320 bits per heavy atom. The molecule has 0 aliphatic rings. The van der Waals surface area contributed by atoms with Crippen molar-refractivity contribution in [2.45, 2.75) is 290 Å². The summed E-state index contributed by atoms with van der Waals surface area (Å²) in [6.45, 7) is 7.57. The molecule has 1 unspecified atom stereocenters. The first-order valence-electron chi connectivity index (χ1n) is 23.9. The van der Waals surface area contributed by atoms with Crippen LogP contribution in [-0.4, -0.2) is 12.6 Å². The second-order valence-electron chi connectivity index (χ2n) is 16.6. The van der Waals surface area contributed by atoms with E-state index in [4.69, 9.17) is 4.74 Å². The third-order valence-electron chi connectivity index (χ3n) is 11.4. The van der Waals surface area contributed by atoms with Gasteiger partial charge in [0, 0.05) is 6.42 Å². The van der Waals surface area contributed by atoms with E-state index in [0.29, 0.717) is 18.9 Å². The van der Waals surface area contributed by atoms with Gasteiger partial charge in [0.15, 0.2) is 0 Å². The molecule has 0 heterocycles. The predicted molar refractivity (Wildman–Crippen MR) is 225 cm³/mol. The van der Waals surface area contributed by atoms with Crippen LogP contribution in [0.25, 0.3) is 0 Å². The highest BCUT2D eigenvalue weighted by molar-refractivity contribution is 5.69. The molecule has 0 aromatic rings. The zero-order valence-corrected chi connectivity index (χ0v) is 35.3. The molecule has 0 spiro atoms. The first-order valence-corrected chi connectivity index (χ1v) is 23.9. The van der Waals surface area contributed by atoms with Crippen molar-refractivity contribution in [1.82, 2.24) is 0 Å². The zero-order chi connectivity index (χ0) is 36.3. The summed E-state index contributed by atoms with van der Waals surface area (Å²) < 4.78 is 5.90. The van der Waals surface area contributed by atoms with Crippen molar-refractivity contribution in [3.05, 3.63) is 0 Å². The number of carbonyl (C=O) groups excluding carboxylic acids is 1. The molecule has 50 heavy (non-hydrogen) atoms. The Kier molecular flexibility index (Phi) is 44.2. The number of rotatable bonds is 44. The Hall–Kier alpha value is -0.530. The average molecular weight is 705 g/mol. The summed E-state index contributed by atoms with van der Waals surface area (Å²) >= 11 is 0. The molecule has 0 bridgehead atoms. The maximum atomic E-state index is 12.6. The summed E-state index contributed by atoms with van der Waals surface area (Å²) in [6, 6.07) is 0. The number of hydrogen-bond donors (Lipinski definition) is 0. The van der Waals surface area contributed by atoms with Crippen LogP contribution in [0.3, 0.4) is 0 Å². The molecule has 0 N–H and O–H groups in total. The lowest BCUT2D eigenvalue weighted by Gasteiger charge is -2.17. The van der Waals surface area contributed by atoms with Gasteiger partial charge >= 0.3 is 5.97 Å². The van der Waals surface area contributed by atoms with Crippen LogP contribution in [0.2, 0.25) is 0 Å². The SMILES string of the molecule is CCCCCCCCCCCCCCCCCC(=O)OCC(CCCCCCCCCCCC)CCCCCCCCCCCCCCCC. The summed E-state index contributed by atoms with van der Waals surface area (Å²) in [5.74, 6) is 0.639. The number of unbranched alkanes of at least 4 members (excludes halogenated alkanes) is 36. The Morgan fingerprint density at radius 2 is 0.540 bits per heavy atom. The Labute approximate surface area is 317 Å². The van der Waals surface area contributed by atoms with E-state index in [1.165, 1.54) is 257 Å². The molecule has 300 valence electrons. The van der Waals surface area contributed by atoms with E-state index in [-0.39, 0.29) is 5.97 Å². The summed E-state index contributed by atoms with van der Waals surface area (Å²) in [7, 11) is 0. The van der Waals surface area contributed by atoms with E-state index in [2.05, 4.69) is 20.8 Å². The molecule has 0 aromatic heterocycles. The van der Waals surface area contributed by atoms with Gasteiger partial charge < -0.3 is 4.74 Å². The lowest BCUT2D eigenvalue weighted by atomic mass is 9.94. The van der Waals surface area contributed by atoms with Crippen LogP contribution in [0.4, 0.5) is 0 Å². The Bertz CT molecular complexity index is 615. The van der Waals surface area contributed by atoms with Gasteiger partial charge in [0.1, 0.15) is 0 Å². The largest absolute Gasteiger partial charge is 0.465 e. The minimum Gasteiger partial charge on any atom is -0.465 e. The second-order valence-corrected chi connectivity index (χ2v) is 16.6. The van der Waals surface area contributed by atoms with Crippen LogP contribution in [0.15, 0.2) is 0 Å². The fourth-order valence-electron chi connectivity index (χ4n) is 7.78. The lowest BCUT2D eigenvalue weighted by Crippen LogP contribution is -2.14. The standard InChI is InChI=1S/C48H96O2/c1-4-7-10-13-16-19-22-24-26-28-30-33-36-39-42-45-48(49)50-46-47(43-40-37-34-31-21-18-15-12-9-6-3)44-41-38-35-32-29-27-25-23-20-17-14-11-8-5-2/h47H,4-46H2,1-3H3. The highest BCUT2D eigenvalue weighted by Crippen LogP contribution is 2.21. The minimum absolute atomic E-state index is 0.0636. The normalized spacial score (nSPS) is 12.1. The van der Waals surface area contributed by atoms with Crippen molar-refractivity contribution in [3.8, 4) is 0 Å². The van der Waals surface area contributed by atoms with Gasteiger partial charge in [0.25, 0.3) is 0 Å². The zero-order valence-electron chi connectivity index (χ0n) is 35.3. The topological polar surface area (TPSA) is 26.3 Å². The Morgan fingerprint density at radius 3 is 0.800 bits per heavy atom. The van der Waals surface area contributed by atoms with Crippen LogP contribution in [0.1, 0.15) is 290 Å². The molecule has 0 fully saturated rings. The number of carbonyl (C=O) groups is 1. The van der Waals surface area contributed by atoms with Gasteiger partial charge in [-0.25, -0.2) is 0 Å². The van der Waals surface area contributed by atoms with Gasteiger partial charge in [-0.05, 0) is 25.2 Å². The summed E-state index contributed by atoms with van der Waals surface area (Å²) in [5, 5.41) is 0. The fourth-order valence-corrected chi connectivity index (χ4v) is 7.78. The van der Waals surface area contributed by atoms with Gasteiger partial charge in [0.2, 0.25) is 0 Å². The Balaban J connectivity index is 3.99. The van der Waals surface area contributed by atoms with Crippen LogP contribution in [0, 0.1) is 5.92 Å². The van der Waals surface area contributed by atoms with E-state index in [1.807, 2.05) is 0 Å². The van der Waals surface area contributed by atoms with Crippen LogP contribution < -0.4 is 0 Å². The van der Waals surface area contributed by atoms with Crippen LogP contribution in [0.5, 0.6) is 0 Å². The molecular formula is C48H96O2. The molecular weight excluding hydrogens is 609 g/mol. The minimum atomic E-state index is 0.0636. The van der Waals surface area contributed by atoms with Crippen molar-refractivity contribution >= 4 is 5.97 Å². The molecule has 0 saturated carbocycles. The maximum absolute atomic E-state index is 12.6. The molecule has 1 atom stereocenters. The van der Waals surface area contributed by atoms with Gasteiger partial charge in [0.05, 0.1) is 6.61 Å². The monoisotopic (exact) mass is 705 g/mol. The maximum Gasteiger partial charge on any atom is 0.305 e. The van der Waals surface area contributed by atoms with Crippen molar-refractivity contribution in [2.75, 3.05) is 6.61 Å². The number of ether oxygens (including phenoxy) is 1. The van der Waals surface area contributed by atoms with Crippen molar-refractivity contribution in [3.63, 3.8) is 0 Å². The lowest BCUT2D eigenvalue weighted by molar-refractivity contribution is -0.145. The van der Waals surface area contributed by atoms with E-state index >= 15 is 0 Å². The smallest absolute Gasteiger partial charge is 0.305 e. The summed E-state index contributed by atoms with van der Waals surface area (Å²) in [5.41, 5.74) is 0. The summed E-state index contributed by atoms with van der Waals surface area (Å²) in [6.07, 6.45) is 57.3. The molecule has 0 radical (unpaired) electrons. The molecule has 0 aromatic carbocycles. The van der Waals surface area contributed by atoms with Crippen LogP contribution >= 0.6 is 0 Å². The number of esters is 1. The first kappa shape index (κ1) is 49.5. The highest BCUT2D eigenvalue weighted by Gasteiger charge is 2.12. The molecule has 2 heteroatoms. The third kappa shape index (κ3) is 41.9. The van der Waals surface area contributed by atoms with Crippen molar-refractivity contribution in [1.29, 1.82) is 0 Å². The van der Waals surface area contributed by atoms with E-state index in [9.17, 15) is 4.79 Å². The average Bonchev–Trinajstić information content (AvgIpc) is 3.12. The van der Waals surface area contributed by atoms with Gasteiger partial charge in [-0.3, -0.25) is 4.79 Å². The quantitative estimate of drug-likeness (QED) is 0.0466. The van der Waals surface area contributed by atoms with Gasteiger partial charge in [-0.2, -0.15) is 0 Å². The molecule has 0 amide bonds. The van der Waals surface area contributed by atoms with E-state index < -0.39 is 0 Å². The van der Waals surface area contributed by atoms with Gasteiger partial charge in [-0.15, -0.1) is 0 Å². The predicted octanol–water partition coefficient (Wildman–Crippen LogP) is 17.6. The first-order chi connectivity index (χ1) is 24.7. The fraction of sp³-hybridized carbons (Fsp3) is 0.979. The third-order valence-corrected chi connectivity index (χ3v) is 11.4. The number of hydrogen-bond acceptors (Lipinski definition) is 2. The van der Waals surface area contributed by atoms with Gasteiger partial charge in [-0.1, -0.05) is 265 Å². The molecule has 0 aliphatic carbocycles. The highest BCUT2D eigenvalue weighted by atomic mass is 16.5. The van der Waals surface area contributed by atoms with Crippen molar-refractivity contribution < 1.29 is 9.53 Å². The second kappa shape index (κ2) is 44.6. The summed E-state index contributed by atoms with van der Waals surface area (Å²) in [4.78, 5) is 12.6. The van der Waals surface area contributed by atoms with Crippen molar-refractivity contribution in [2.24, 2.45) is 5.92 Å². The molecule has 0 rings (SSSR count). The molecule has 0 saturated heterocycles. The van der Waals surface area contributed by atoms with E-state index in [1.54, 1.807) is 0 Å². The molecule has 0 aliphatic heterocycles.